The smallest absolute Gasteiger partial charge is 0.161 e. The largest absolute Gasteiger partial charge is 0.493 e. The van der Waals surface area contributed by atoms with Crippen molar-refractivity contribution in [2.75, 3.05) is 27.3 Å². The van der Waals surface area contributed by atoms with Crippen molar-refractivity contribution in [3.05, 3.63) is 23.3 Å². The Bertz CT molecular complexity index is 474. The van der Waals surface area contributed by atoms with E-state index in [0.717, 1.165) is 44.0 Å². The molecule has 1 aromatic rings. The zero-order valence-electron chi connectivity index (χ0n) is 13.7. The molecule has 0 saturated carbocycles. The number of fused-ring (bicyclic) bond motifs is 1. The van der Waals surface area contributed by atoms with Gasteiger partial charge in [0.2, 0.25) is 0 Å². The molecule has 0 aromatic heterocycles. The molecule has 0 bridgehead atoms. The summed E-state index contributed by atoms with van der Waals surface area (Å²) in [6, 6.07) is 4.47. The zero-order valence-corrected chi connectivity index (χ0v) is 13.7. The highest BCUT2D eigenvalue weighted by Gasteiger charge is 2.21. The van der Waals surface area contributed by atoms with Gasteiger partial charge in [-0.15, -0.1) is 0 Å². The van der Waals surface area contributed by atoms with Crippen LogP contribution in [0.1, 0.15) is 31.4 Å². The SMILES string of the molecule is COc1cc2c(cc1OC)CN(CC(N)CC(C)C)CC2. The van der Waals surface area contributed by atoms with Gasteiger partial charge in [0.1, 0.15) is 0 Å². The first-order chi connectivity index (χ1) is 10.0. The van der Waals surface area contributed by atoms with Crippen LogP contribution in [-0.4, -0.2) is 38.3 Å². The average molecular weight is 292 g/mol. The summed E-state index contributed by atoms with van der Waals surface area (Å²) in [4.78, 5) is 2.45. The van der Waals surface area contributed by atoms with Crippen molar-refractivity contribution in [2.45, 2.75) is 39.3 Å². The van der Waals surface area contributed by atoms with Crippen LogP contribution in [0.2, 0.25) is 0 Å². The monoisotopic (exact) mass is 292 g/mol. The van der Waals surface area contributed by atoms with E-state index in [1.54, 1.807) is 14.2 Å². The molecule has 1 aliphatic rings. The van der Waals surface area contributed by atoms with E-state index < -0.39 is 0 Å². The van der Waals surface area contributed by atoms with E-state index in [2.05, 4.69) is 30.9 Å². The van der Waals surface area contributed by atoms with Gasteiger partial charge in [-0.05, 0) is 42.0 Å². The highest BCUT2D eigenvalue weighted by atomic mass is 16.5. The van der Waals surface area contributed by atoms with Gasteiger partial charge < -0.3 is 15.2 Å². The van der Waals surface area contributed by atoms with Crippen LogP contribution in [0.3, 0.4) is 0 Å². The molecule has 0 spiro atoms. The maximum absolute atomic E-state index is 6.24. The summed E-state index contributed by atoms with van der Waals surface area (Å²) in [6.07, 6.45) is 2.12. The fourth-order valence-corrected chi connectivity index (χ4v) is 3.11. The number of rotatable bonds is 6. The lowest BCUT2D eigenvalue weighted by atomic mass is 9.97. The van der Waals surface area contributed by atoms with E-state index in [-0.39, 0.29) is 6.04 Å². The predicted octanol–water partition coefficient (Wildman–Crippen LogP) is 2.44. The lowest BCUT2D eigenvalue weighted by molar-refractivity contribution is 0.228. The Kier molecular flexibility index (Phi) is 5.48. The molecule has 1 aliphatic heterocycles. The third-order valence-corrected chi connectivity index (χ3v) is 4.06. The Morgan fingerprint density at radius 2 is 1.76 bits per heavy atom. The van der Waals surface area contributed by atoms with Crippen LogP contribution in [0, 0.1) is 5.92 Å². The second-order valence-electron chi connectivity index (χ2n) is 6.35. The quantitative estimate of drug-likeness (QED) is 0.875. The molecule has 1 aromatic carbocycles. The highest BCUT2D eigenvalue weighted by molar-refractivity contribution is 5.48. The van der Waals surface area contributed by atoms with Crippen LogP contribution in [0.5, 0.6) is 11.5 Å². The minimum Gasteiger partial charge on any atom is -0.493 e. The van der Waals surface area contributed by atoms with E-state index in [1.807, 2.05) is 0 Å². The summed E-state index contributed by atoms with van der Waals surface area (Å²) in [7, 11) is 3.37. The second-order valence-corrected chi connectivity index (χ2v) is 6.35. The third-order valence-electron chi connectivity index (χ3n) is 4.06. The lowest BCUT2D eigenvalue weighted by Crippen LogP contribution is -2.40. The molecule has 0 radical (unpaired) electrons. The molecular formula is C17H28N2O2. The van der Waals surface area contributed by atoms with Crippen LogP contribution in [0.4, 0.5) is 0 Å². The molecule has 0 saturated heterocycles. The molecule has 1 heterocycles. The first-order valence-corrected chi connectivity index (χ1v) is 7.75. The van der Waals surface area contributed by atoms with Gasteiger partial charge in [0, 0.05) is 25.7 Å². The standard InChI is InChI=1S/C17H28N2O2/c1-12(2)7-15(18)11-19-6-5-13-8-16(20-3)17(21-4)9-14(13)10-19/h8-9,12,15H,5-7,10-11,18H2,1-4H3. The Morgan fingerprint density at radius 3 is 2.33 bits per heavy atom. The normalized spacial score (nSPS) is 16.7. The number of hydrogen-bond acceptors (Lipinski definition) is 4. The minimum absolute atomic E-state index is 0.256. The van der Waals surface area contributed by atoms with E-state index in [4.69, 9.17) is 15.2 Å². The molecule has 2 rings (SSSR count). The lowest BCUT2D eigenvalue weighted by Gasteiger charge is -2.31. The second kappa shape index (κ2) is 7.14. The van der Waals surface area contributed by atoms with E-state index in [1.165, 1.54) is 11.1 Å². The van der Waals surface area contributed by atoms with Crippen LogP contribution < -0.4 is 15.2 Å². The van der Waals surface area contributed by atoms with Crippen molar-refractivity contribution in [1.29, 1.82) is 0 Å². The Morgan fingerprint density at radius 1 is 1.14 bits per heavy atom. The number of methoxy groups -OCH3 is 2. The molecule has 21 heavy (non-hydrogen) atoms. The van der Waals surface area contributed by atoms with Crippen molar-refractivity contribution >= 4 is 0 Å². The van der Waals surface area contributed by atoms with Crippen molar-refractivity contribution in [1.82, 2.24) is 4.90 Å². The molecule has 0 aliphatic carbocycles. The van der Waals surface area contributed by atoms with Crippen molar-refractivity contribution in [3.63, 3.8) is 0 Å². The van der Waals surface area contributed by atoms with Gasteiger partial charge in [-0.25, -0.2) is 0 Å². The first kappa shape index (κ1) is 16.1. The van der Waals surface area contributed by atoms with Gasteiger partial charge in [0.05, 0.1) is 14.2 Å². The van der Waals surface area contributed by atoms with Crippen molar-refractivity contribution in [3.8, 4) is 11.5 Å². The van der Waals surface area contributed by atoms with Crippen LogP contribution >= 0.6 is 0 Å². The molecule has 118 valence electrons. The number of hydrogen-bond donors (Lipinski definition) is 1. The average Bonchev–Trinajstić information content (AvgIpc) is 2.44. The molecule has 1 atom stereocenters. The minimum atomic E-state index is 0.256. The number of benzene rings is 1. The van der Waals surface area contributed by atoms with Crippen molar-refractivity contribution in [2.24, 2.45) is 11.7 Å². The summed E-state index contributed by atoms with van der Waals surface area (Å²) in [5, 5.41) is 0. The fourth-order valence-electron chi connectivity index (χ4n) is 3.11. The molecule has 4 heteroatoms. The van der Waals surface area contributed by atoms with Gasteiger partial charge in [-0.2, -0.15) is 0 Å². The van der Waals surface area contributed by atoms with Gasteiger partial charge in [0.25, 0.3) is 0 Å². The maximum atomic E-state index is 6.24. The maximum Gasteiger partial charge on any atom is 0.161 e. The molecule has 2 N–H and O–H groups in total. The van der Waals surface area contributed by atoms with Gasteiger partial charge in [0.15, 0.2) is 11.5 Å². The Balaban J connectivity index is 2.06. The first-order valence-electron chi connectivity index (χ1n) is 7.75. The van der Waals surface area contributed by atoms with E-state index in [9.17, 15) is 0 Å². The van der Waals surface area contributed by atoms with Crippen molar-refractivity contribution < 1.29 is 9.47 Å². The summed E-state index contributed by atoms with van der Waals surface area (Å²) in [6.45, 7) is 7.42. The molecule has 4 nitrogen and oxygen atoms in total. The van der Waals surface area contributed by atoms with Gasteiger partial charge >= 0.3 is 0 Å². The molecule has 1 unspecified atom stereocenters. The van der Waals surface area contributed by atoms with Crippen LogP contribution in [0.25, 0.3) is 0 Å². The zero-order chi connectivity index (χ0) is 15.4. The predicted molar refractivity (Wildman–Crippen MR) is 86.0 cm³/mol. The summed E-state index contributed by atoms with van der Waals surface area (Å²) < 4.78 is 10.8. The fraction of sp³-hybridized carbons (Fsp3) is 0.647. The topological polar surface area (TPSA) is 47.7 Å². The number of nitrogens with two attached hydrogens (primary N) is 1. The molecular weight excluding hydrogens is 264 g/mol. The summed E-state index contributed by atoms with van der Waals surface area (Å²) in [5.41, 5.74) is 8.93. The summed E-state index contributed by atoms with van der Waals surface area (Å²) in [5.74, 6) is 2.28. The third kappa shape index (κ3) is 4.11. The molecule has 0 amide bonds. The highest BCUT2D eigenvalue weighted by Crippen LogP contribution is 2.33. The Hall–Kier alpha value is -1.26. The van der Waals surface area contributed by atoms with E-state index in [0.29, 0.717) is 5.92 Å². The van der Waals surface area contributed by atoms with Gasteiger partial charge in [-0.1, -0.05) is 13.8 Å². The van der Waals surface area contributed by atoms with Gasteiger partial charge in [-0.3, -0.25) is 4.90 Å². The van der Waals surface area contributed by atoms with Crippen LogP contribution in [-0.2, 0) is 13.0 Å². The summed E-state index contributed by atoms with van der Waals surface area (Å²) >= 11 is 0. The Labute approximate surface area is 128 Å². The number of nitrogens with zero attached hydrogens (tertiary/aromatic N) is 1. The van der Waals surface area contributed by atoms with E-state index >= 15 is 0 Å². The van der Waals surface area contributed by atoms with Crippen LogP contribution in [0.15, 0.2) is 12.1 Å². The molecule has 0 fully saturated rings. The number of ether oxygens (including phenoxy) is 2.